The molecule has 0 heterocycles. The van der Waals surface area contributed by atoms with Gasteiger partial charge in [0.15, 0.2) is 0 Å². The van der Waals surface area contributed by atoms with Crippen LogP contribution in [0.2, 0.25) is 0 Å². The summed E-state index contributed by atoms with van der Waals surface area (Å²) in [5, 5.41) is 0. The Labute approximate surface area is 111 Å². The highest BCUT2D eigenvalue weighted by Crippen LogP contribution is 2.39. The van der Waals surface area contributed by atoms with Gasteiger partial charge in [-0.1, -0.05) is 38.3 Å². The first-order valence-corrected chi connectivity index (χ1v) is 7.20. The van der Waals surface area contributed by atoms with E-state index in [0.29, 0.717) is 6.61 Å². The van der Waals surface area contributed by atoms with Gasteiger partial charge in [0.1, 0.15) is 5.75 Å². The molecule has 0 aromatic heterocycles. The molecule has 2 rings (SSSR count). The van der Waals surface area contributed by atoms with Crippen LogP contribution in [0.3, 0.4) is 0 Å². The largest absolute Gasteiger partial charge is 0.494 e. The molecule has 1 saturated carbocycles. The minimum Gasteiger partial charge on any atom is -0.494 e. The molecule has 2 unspecified atom stereocenters. The van der Waals surface area contributed by atoms with Crippen molar-refractivity contribution in [1.82, 2.24) is 0 Å². The topological polar surface area (TPSA) is 35.2 Å². The highest BCUT2D eigenvalue weighted by molar-refractivity contribution is 5.32. The van der Waals surface area contributed by atoms with E-state index in [9.17, 15) is 0 Å². The van der Waals surface area contributed by atoms with Gasteiger partial charge in [0, 0.05) is 5.54 Å². The highest BCUT2D eigenvalue weighted by atomic mass is 16.5. The Morgan fingerprint density at radius 1 is 1.28 bits per heavy atom. The maximum absolute atomic E-state index is 6.63. The van der Waals surface area contributed by atoms with Crippen molar-refractivity contribution in [3.63, 3.8) is 0 Å². The van der Waals surface area contributed by atoms with Crippen LogP contribution in [-0.4, -0.2) is 6.61 Å². The second-order valence-electron chi connectivity index (χ2n) is 5.48. The molecule has 1 aromatic rings. The van der Waals surface area contributed by atoms with Crippen LogP contribution in [-0.2, 0) is 5.54 Å². The van der Waals surface area contributed by atoms with Gasteiger partial charge in [-0.2, -0.15) is 0 Å². The Hall–Kier alpha value is -1.02. The lowest BCUT2D eigenvalue weighted by atomic mass is 9.72. The molecule has 2 N–H and O–H groups in total. The van der Waals surface area contributed by atoms with E-state index in [-0.39, 0.29) is 5.54 Å². The molecule has 1 aliphatic carbocycles. The molecular weight excluding hydrogens is 222 g/mol. The van der Waals surface area contributed by atoms with E-state index in [2.05, 4.69) is 19.1 Å². The van der Waals surface area contributed by atoms with Crippen molar-refractivity contribution in [3.05, 3.63) is 29.8 Å². The lowest BCUT2D eigenvalue weighted by Crippen LogP contribution is -2.41. The second-order valence-corrected chi connectivity index (χ2v) is 5.48. The Bertz CT molecular complexity index is 373. The molecule has 0 radical (unpaired) electrons. The van der Waals surface area contributed by atoms with Gasteiger partial charge < -0.3 is 10.5 Å². The van der Waals surface area contributed by atoms with E-state index < -0.39 is 0 Å². The Morgan fingerprint density at radius 2 is 2.00 bits per heavy atom. The number of benzene rings is 1. The van der Waals surface area contributed by atoms with E-state index in [1.165, 1.54) is 24.8 Å². The molecule has 1 fully saturated rings. The van der Waals surface area contributed by atoms with Gasteiger partial charge >= 0.3 is 0 Å². The minimum absolute atomic E-state index is 0.121. The first-order valence-electron chi connectivity index (χ1n) is 7.20. The van der Waals surface area contributed by atoms with E-state index in [0.717, 1.165) is 24.5 Å². The van der Waals surface area contributed by atoms with Crippen molar-refractivity contribution < 1.29 is 4.74 Å². The predicted octanol–water partition coefficient (Wildman–Crippen LogP) is 3.84. The number of nitrogens with two attached hydrogens (primary N) is 1. The summed E-state index contributed by atoms with van der Waals surface area (Å²) in [6.07, 6.45) is 6.07. The molecule has 2 nitrogen and oxygen atoms in total. The maximum atomic E-state index is 6.63. The SMILES string of the molecule is CCOc1ccc(C2(N)CCCC(CC)C2)cc1. The van der Waals surface area contributed by atoms with Crippen LogP contribution >= 0.6 is 0 Å². The van der Waals surface area contributed by atoms with Crippen molar-refractivity contribution in [3.8, 4) is 5.75 Å². The smallest absolute Gasteiger partial charge is 0.119 e. The summed E-state index contributed by atoms with van der Waals surface area (Å²) < 4.78 is 5.48. The third-order valence-corrected chi connectivity index (χ3v) is 4.21. The summed E-state index contributed by atoms with van der Waals surface area (Å²) in [7, 11) is 0. The van der Waals surface area contributed by atoms with Crippen molar-refractivity contribution >= 4 is 0 Å². The first-order chi connectivity index (χ1) is 8.68. The minimum atomic E-state index is -0.121. The third-order valence-electron chi connectivity index (χ3n) is 4.21. The monoisotopic (exact) mass is 247 g/mol. The van der Waals surface area contributed by atoms with Crippen molar-refractivity contribution in [2.75, 3.05) is 6.61 Å². The van der Waals surface area contributed by atoms with E-state index in [1.54, 1.807) is 0 Å². The molecule has 2 heteroatoms. The maximum Gasteiger partial charge on any atom is 0.119 e. The highest BCUT2D eigenvalue weighted by Gasteiger charge is 2.33. The lowest BCUT2D eigenvalue weighted by Gasteiger charge is -2.38. The van der Waals surface area contributed by atoms with Gasteiger partial charge in [-0.3, -0.25) is 0 Å². The van der Waals surface area contributed by atoms with Crippen LogP contribution in [0.4, 0.5) is 0 Å². The molecule has 1 aromatic carbocycles. The normalized spacial score (nSPS) is 28.1. The van der Waals surface area contributed by atoms with E-state index >= 15 is 0 Å². The molecule has 100 valence electrons. The average Bonchev–Trinajstić information content (AvgIpc) is 2.40. The zero-order valence-electron chi connectivity index (χ0n) is 11.6. The van der Waals surface area contributed by atoms with E-state index in [4.69, 9.17) is 10.5 Å². The van der Waals surface area contributed by atoms with Gasteiger partial charge in [0.2, 0.25) is 0 Å². The number of hydrogen-bond acceptors (Lipinski definition) is 2. The van der Waals surface area contributed by atoms with Crippen LogP contribution in [0.1, 0.15) is 51.5 Å². The van der Waals surface area contributed by atoms with Crippen LogP contribution < -0.4 is 10.5 Å². The number of ether oxygens (including phenoxy) is 1. The van der Waals surface area contributed by atoms with Gasteiger partial charge in [0.05, 0.1) is 6.61 Å². The Kier molecular flexibility index (Phi) is 4.28. The van der Waals surface area contributed by atoms with E-state index in [1.807, 2.05) is 19.1 Å². The van der Waals surface area contributed by atoms with Gasteiger partial charge in [-0.15, -0.1) is 0 Å². The Morgan fingerprint density at radius 3 is 2.61 bits per heavy atom. The summed E-state index contributed by atoms with van der Waals surface area (Å²) in [5.74, 6) is 1.73. The summed E-state index contributed by atoms with van der Waals surface area (Å²) >= 11 is 0. The first kappa shape index (κ1) is 13.4. The molecule has 0 saturated heterocycles. The lowest BCUT2D eigenvalue weighted by molar-refractivity contribution is 0.221. The fraction of sp³-hybridized carbons (Fsp3) is 0.625. The van der Waals surface area contributed by atoms with Gasteiger partial charge in [-0.25, -0.2) is 0 Å². The third kappa shape index (κ3) is 2.86. The zero-order valence-corrected chi connectivity index (χ0v) is 11.6. The molecule has 0 aliphatic heterocycles. The van der Waals surface area contributed by atoms with Gasteiger partial charge in [0.25, 0.3) is 0 Å². The van der Waals surface area contributed by atoms with Crippen LogP contribution in [0.25, 0.3) is 0 Å². The second kappa shape index (κ2) is 5.75. The Balaban J connectivity index is 2.13. The molecule has 0 spiro atoms. The fourth-order valence-electron chi connectivity index (χ4n) is 3.09. The molecular formula is C16H25NO. The molecule has 2 atom stereocenters. The fourth-order valence-corrected chi connectivity index (χ4v) is 3.09. The molecule has 0 bridgehead atoms. The summed E-state index contributed by atoms with van der Waals surface area (Å²) in [6.45, 7) is 4.99. The quantitative estimate of drug-likeness (QED) is 0.877. The van der Waals surface area contributed by atoms with Crippen LogP contribution in [0.15, 0.2) is 24.3 Å². The number of hydrogen-bond donors (Lipinski definition) is 1. The summed E-state index contributed by atoms with van der Waals surface area (Å²) in [6, 6.07) is 8.37. The zero-order chi connectivity index (χ0) is 13.0. The summed E-state index contributed by atoms with van der Waals surface area (Å²) in [5.41, 5.74) is 7.78. The van der Waals surface area contributed by atoms with Crippen LogP contribution in [0, 0.1) is 5.92 Å². The van der Waals surface area contributed by atoms with Crippen molar-refractivity contribution in [1.29, 1.82) is 0 Å². The molecule has 1 aliphatic rings. The standard InChI is InChI=1S/C16H25NO/c1-3-13-6-5-11-16(17,12-13)14-7-9-15(10-8-14)18-4-2/h7-10,13H,3-6,11-12,17H2,1-2H3. The molecule has 18 heavy (non-hydrogen) atoms. The van der Waals surface area contributed by atoms with Gasteiger partial charge in [-0.05, 0) is 43.4 Å². The average molecular weight is 247 g/mol. The predicted molar refractivity (Wildman–Crippen MR) is 75.7 cm³/mol. The molecule has 0 amide bonds. The van der Waals surface area contributed by atoms with Crippen molar-refractivity contribution in [2.45, 2.75) is 51.5 Å². The number of rotatable bonds is 4. The van der Waals surface area contributed by atoms with Crippen LogP contribution in [0.5, 0.6) is 5.75 Å². The van der Waals surface area contributed by atoms with Crippen molar-refractivity contribution in [2.24, 2.45) is 11.7 Å². The summed E-state index contributed by atoms with van der Waals surface area (Å²) in [4.78, 5) is 0.